The van der Waals surface area contributed by atoms with Gasteiger partial charge in [0.15, 0.2) is 12.4 Å². The molecule has 1 aromatic heterocycles. The Morgan fingerprint density at radius 3 is 2.30 bits per heavy atom. The van der Waals surface area contributed by atoms with Crippen molar-refractivity contribution in [3.63, 3.8) is 0 Å². The van der Waals surface area contributed by atoms with Crippen LogP contribution in [-0.4, -0.2) is 31.0 Å². The first-order valence-corrected chi connectivity index (χ1v) is 10.8. The second-order valence-electron chi connectivity index (χ2n) is 6.68. The van der Waals surface area contributed by atoms with E-state index in [0.717, 1.165) is 28.6 Å². The first-order chi connectivity index (χ1) is 15.7. The normalized spacial score (nSPS) is 11.3. The van der Waals surface area contributed by atoms with Crippen LogP contribution in [0.25, 0.3) is 12.2 Å². The third kappa shape index (κ3) is 5.50. The number of non-ortho nitro benzene ring substituents is 1. The van der Waals surface area contributed by atoms with Gasteiger partial charge in [0.05, 0.1) is 15.5 Å². The van der Waals surface area contributed by atoms with E-state index in [4.69, 9.17) is 5.21 Å². The molecule has 12 heteroatoms. The number of carbonyl (C=O) groups excluding carboxylic acids is 1. The molecule has 2 N–H and O–H groups in total. The predicted molar refractivity (Wildman–Crippen MR) is 118 cm³/mol. The van der Waals surface area contributed by atoms with Gasteiger partial charge in [-0.15, -0.1) is 0 Å². The molecule has 0 aliphatic heterocycles. The minimum atomic E-state index is -4.35. The molecule has 0 fully saturated rings. The summed E-state index contributed by atoms with van der Waals surface area (Å²) in [5.41, 5.74) is 2.35. The number of rotatable bonds is 8. The van der Waals surface area contributed by atoms with Crippen LogP contribution in [0.2, 0.25) is 0 Å². The lowest BCUT2D eigenvalue weighted by Crippen LogP contribution is -2.40. The number of hydrogen-bond donors (Lipinski definition) is 2. The van der Waals surface area contributed by atoms with Crippen LogP contribution in [0.5, 0.6) is 0 Å². The quantitative estimate of drug-likeness (QED) is 0.168. The van der Waals surface area contributed by atoms with Gasteiger partial charge in [0, 0.05) is 24.3 Å². The fourth-order valence-corrected chi connectivity index (χ4v) is 4.36. The van der Waals surface area contributed by atoms with Crippen molar-refractivity contribution < 1.29 is 28.1 Å². The standard InChI is InChI=1S/C21H18N4O7S/c26-21(22-27)15-24(33(31,32)19-9-7-18(8-10-19)25(29)30)20-4-2-1-3-17(20)6-5-16-11-13-23(28)14-12-16/h1-14,27H,15H2,(H,22,26)/b6-5+. The molecule has 0 aliphatic carbocycles. The Kier molecular flexibility index (Phi) is 7.00. The van der Waals surface area contributed by atoms with Gasteiger partial charge in [-0.05, 0) is 29.3 Å². The smallest absolute Gasteiger partial charge is 0.269 e. The number of pyridine rings is 1. The highest BCUT2D eigenvalue weighted by Crippen LogP contribution is 2.29. The van der Waals surface area contributed by atoms with Gasteiger partial charge >= 0.3 is 0 Å². The van der Waals surface area contributed by atoms with Gasteiger partial charge in [-0.1, -0.05) is 30.4 Å². The zero-order chi connectivity index (χ0) is 24.0. The van der Waals surface area contributed by atoms with Crippen molar-refractivity contribution >= 4 is 39.5 Å². The lowest BCUT2D eigenvalue weighted by atomic mass is 10.1. The predicted octanol–water partition coefficient (Wildman–Crippen LogP) is 2.10. The maximum absolute atomic E-state index is 13.4. The molecule has 0 saturated carbocycles. The molecule has 2 aromatic carbocycles. The molecule has 0 spiro atoms. The van der Waals surface area contributed by atoms with Gasteiger partial charge < -0.3 is 5.21 Å². The van der Waals surface area contributed by atoms with E-state index in [1.54, 1.807) is 42.5 Å². The highest BCUT2D eigenvalue weighted by Gasteiger charge is 2.29. The molecule has 0 bridgehead atoms. The lowest BCUT2D eigenvalue weighted by Gasteiger charge is -2.25. The summed E-state index contributed by atoms with van der Waals surface area (Å²) >= 11 is 0. The number of sulfonamides is 1. The Bertz CT molecular complexity index is 1290. The number of hydroxylamine groups is 1. The third-order valence-electron chi connectivity index (χ3n) is 4.54. The molecule has 0 unspecified atom stereocenters. The van der Waals surface area contributed by atoms with Gasteiger partial charge in [-0.3, -0.25) is 24.4 Å². The molecule has 3 rings (SSSR count). The summed E-state index contributed by atoms with van der Waals surface area (Å²) in [6, 6.07) is 13.7. The number of para-hydroxylation sites is 1. The Labute approximate surface area is 188 Å². The van der Waals surface area contributed by atoms with Crippen LogP contribution >= 0.6 is 0 Å². The summed E-state index contributed by atoms with van der Waals surface area (Å²) in [6.07, 6.45) is 5.88. The molecule has 0 radical (unpaired) electrons. The number of nitrogens with one attached hydrogen (secondary N) is 1. The molecule has 3 aromatic rings. The van der Waals surface area contributed by atoms with E-state index in [1.165, 1.54) is 23.9 Å². The van der Waals surface area contributed by atoms with Crippen molar-refractivity contribution in [3.8, 4) is 0 Å². The molecule has 0 atom stereocenters. The molecule has 0 saturated heterocycles. The second kappa shape index (κ2) is 9.89. The number of anilines is 1. The Hall–Kier alpha value is -4.29. The molecule has 11 nitrogen and oxygen atoms in total. The minimum Gasteiger partial charge on any atom is -0.619 e. The van der Waals surface area contributed by atoms with E-state index in [2.05, 4.69) is 0 Å². The molecule has 0 aliphatic rings. The van der Waals surface area contributed by atoms with Crippen molar-refractivity contribution in [2.24, 2.45) is 0 Å². The zero-order valence-electron chi connectivity index (χ0n) is 16.9. The molecular formula is C21H18N4O7S. The summed E-state index contributed by atoms with van der Waals surface area (Å²) in [5, 5.41) is 31.1. The Morgan fingerprint density at radius 1 is 1.06 bits per heavy atom. The van der Waals surface area contributed by atoms with Crippen molar-refractivity contribution in [1.29, 1.82) is 0 Å². The summed E-state index contributed by atoms with van der Waals surface area (Å²) in [7, 11) is -4.35. The molecular weight excluding hydrogens is 452 g/mol. The highest BCUT2D eigenvalue weighted by atomic mass is 32.2. The first-order valence-electron chi connectivity index (χ1n) is 9.38. The van der Waals surface area contributed by atoms with Gasteiger partial charge in [0.2, 0.25) is 0 Å². The Balaban J connectivity index is 2.06. The van der Waals surface area contributed by atoms with Crippen LogP contribution in [0, 0.1) is 15.3 Å². The van der Waals surface area contributed by atoms with Crippen molar-refractivity contribution in [3.05, 3.63) is 99.5 Å². The number of nitro benzene ring substituents is 1. The average molecular weight is 470 g/mol. The van der Waals surface area contributed by atoms with E-state index < -0.39 is 27.4 Å². The lowest BCUT2D eigenvalue weighted by molar-refractivity contribution is -0.605. The monoisotopic (exact) mass is 470 g/mol. The van der Waals surface area contributed by atoms with Crippen LogP contribution in [0.15, 0.2) is 78.0 Å². The maximum Gasteiger partial charge on any atom is 0.269 e. The van der Waals surface area contributed by atoms with Gasteiger partial charge in [-0.25, -0.2) is 13.9 Å². The summed E-state index contributed by atoms with van der Waals surface area (Å²) < 4.78 is 28.1. The van der Waals surface area contributed by atoms with E-state index in [0.29, 0.717) is 15.9 Å². The van der Waals surface area contributed by atoms with E-state index in [1.807, 2.05) is 0 Å². The van der Waals surface area contributed by atoms with Gasteiger partial charge in [0.25, 0.3) is 21.6 Å². The largest absolute Gasteiger partial charge is 0.619 e. The van der Waals surface area contributed by atoms with Crippen molar-refractivity contribution in [2.45, 2.75) is 4.90 Å². The van der Waals surface area contributed by atoms with Crippen LogP contribution < -0.4 is 14.5 Å². The second-order valence-corrected chi connectivity index (χ2v) is 8.54. The molecule has 1 amide bonds. The SMILES string of the molecule is O=C(CN(c1ccccc1/C=C/c1cc[n+]([O-])cc1)S(=O)(=O)c1ccc([N+](=O)[O-])cc1)NO. The van der Waals surface area contributed by atoms with Gasteiger partial charge in [-0.2, -0.15) is 4.73 Å². The van der Waals surface area contributed by atoms with Crippen LogP contribution in [-0.2, 0) is 14.8 Å². The fraction of sp³-hybridized carbons (Fsp3) is 0.0476. The van der Waals surface area contributed by atoms with Crippen LogP contribution in [0.4, 0.5) is 11.4 Å². The third-order valence-corrected chi connectivity index (χ3v) is 6.31. The average Bonchev–Trinajstić information content (AvgIpc) is 2.82. The van der Waals surface area contributed by atoms with E-state index >= 15 is 0 Å². The highest BCUT2D eigenvalue weighted by molar-refractivity contribution is 7.92. The molecule has 33 heavy (non-hydrogen) atoms. The van der Waals surface area contributed by atoms with Crippen LogP contribution in [0.1, 0.15) is 11.1 Å². The summed E-state index contributed by atoms with van der Waals surface area (Å²) in [4.78, 5) is 21.9. The fourth-order valence-electron chi connectivity index (χ4n) is 2.91. The number of amides is 1. The number of carbonyl (C=O) groups is 1. The van der Waals surface area contributed by atoms with Crippen molar-refractivity contribution in [2.75, 3.05) is 10.8 Å². The minimum absolute atomic E-state index is 0.130. The van der Waals surface area contributed by atoms with Crippen LogP contribution in [0.3, 0.4) is 0 Å². The van der Waals surface area contributed by atoms with Gasteiger partial charge in [0.1, 0.15) is 6.54 Å². The number of aromatic nitrogens is 1. The zero-order valence-corrected chi connectivity index (χ0v) is 17.8. The number of nitrogens with zero attached hydrogens (tertiary/aromatic N) is 3. The summed E-state index contributed by atoms with van der Waals surface area (Å²) in [6.45, 7) is -0.748. The summed E-state index contributed by atoms with van der Waals surface area (Å²) in [5.74, 6) is -0.984. The number of benzene rings is 2. The molecule has 1 heterocycles. The van der Waals surface area contributed by atoms with Crippen molar-refractivity contribution in [1.82, 2.24) is 5.48 Å². The van der Waals surface area contributed by atoms with E-state index in [9.17, 15) is 28.5 Å². The molecule has 170 valence electrons. The topological polar surface area (TPSA) is 157 Å². The number of hydrogen-bond acceptors (Lipinski definition) is 7. The van der Waals surface area contributed by atoms with E-state index in [-0.39, 0.29) is 16.3 Å². The first kappa shape index (κ1) is 23.4. The Morgan fingerprint density at radius 2 is 1.70 bits per heavy atom. The maximum atomic E-state index is 13.4. The number of nitro groups is 1.